The van der Waals surface area contributed by atoms with Gasteiger partial charge in [0, 0.05) is 0 Å². The second kappa shape index (κ2) is 6.03. The van der Waals surface area contributed by atoms with E-state index in [0.29, 0.717) is 17.9 Å². The molecule has 0 atom stereocenters. The summed E-state index contributed by atoms with van der Waals surface area (Å²) in [5.74, 6) is -0.460. The van der Waals surface area contributed by atoms with E-state index in [0.717, 1.165) is 5.56 Å². The van der Waals surface area contributed by atoms with Crippen molar-refractivity contribution in [2.24, 2.45) is 0 Å². The third-order valence-corrected chi connectivity index (χ3v) is 3.60. The van der Waals surface area contributed by atoms with Crippen molar-refractivity contribution >= 4 is 29.0 Å². The van der Waals surface area contributed by atoms with Crippen molar-refractivity contribution in [3.05, 3.63) is 70.8 Å². The third kappa shape index (κ3) is 2.87. The molecule has 0 radical (unpaired) electrons. The summed E-state index contributed by atoms with van der Waals surface area (Å²) in [6.45, 7) is 0.419. The lowest BCUT2D eigenvalue weighted by Crippen LogP contribution is -2.22. The van der Waals surface area contributed by atoms with E-state index < -0.39 is 11.8 Å². The first-order valence-corrected chi connectivity index (χ1v) is 7.05. The van der Waals surface area contributed by atoms with Crippen molar-refractivity contribution < 1.29 is 14.3 Å². The lowest BCUT2D eigenvalue weighted by molar-refractivity contribution is -0.123. The number of ether oxygens (including phenoxy) is 1. The number of rotatable bonds is 4. The molecule has 1 N–H and O–H groups in total. The van der Waals surface area contributed by atoms with Crippen molar-refractivity contribution in [3.63, 3.8) is 0 Å². The molecule has 1 aliphatic rings. The van der Waals surface area contributed by atoms with Crippen LogP contribution in [0, 0.1) is 0 Å². The summed E-state index contributed by atoms with van der Waals surface area (Å²) in [6, 6.07) is 16.7. The largest absolute Gasteiger partial charge is 0.489 e. The number of carbonyl (C=O) groups is 2. The van der Waals surface area contributed by atoms with Crippen LogP contribution in [0.15, 0.2) is 59.6 Å². The molecule has 22 heavy (non-hydrogen) atoms. The lowest BCUT2D eigenvalue weighted by Gasteiger charge is -2.08. The van der Waals surface area contributed by atoms with Gasteiger partial charge in [-0.15, -0.1) is 0 Å². The summed E-state index contributed by atoms with van der Waals surface area (Å²) < 4.78 is 5.71. The summed E-state index contributed by atoms with van der Waals surface area (Å²) in [4.78, 5) is 23.2. The van der Waals surface area contributed by atoms with E-state index in [1.165, 1.54) is 0 Å². The monoisotopic (exact) mass is 313 g/mol. The molecule has 0 aliphatic carbocycles. The Balaban J connectivity index is 1.82. The average Bonchev–Trinajstić information content (AvgIpc) is 2.79. The van der Waals surface area contributed by atoms with Gasteiger partial charge in [-0.1, -0.05) is 54.1 Å². The summed E-state index contributed by atoms with van der Waals surface area (Å²) in [5.41, 5.74) is 1.77. The van der Waals surface area contributed by atoms with E-state index >= 15 is 0 Å². The van der Waals surface area contributed by atoms with Gasteiger partial charge in [-0.2, -0.15) is 0 Å². The first-order valence-electron chi connectivity index (χ1n) is 6.68. The molecule has 4 nitrogen and oxygen atoms in total. The number of amides is 2. The predicted octanol–water partition coefficient (Wildman–Crippen LogP) is 2.87. The zero-order valence-electron chi connectivity index (χ0n) is 11.5. The highest BCUT2D eigenvalue weighted by Crippen LogP contribution is 2.28. The minimum Gasteiger partial charge on any atom is -0.489 e. The SMILES string of the molecule is O=C1NC(=O)C(c2cccc(OCc3ccccc3)c2)=C1Cl. The first-order chi connectivity index (χ1) is 10.6. The van der Waals surface area contributed by atoms with Crippen LogP contribution >= 0.6 is 11.6 Å². The van der Waals surface area contributed by atoms with Crippen LogP contribution < -0.4 is 10.1 Å². The molecule has 1 heterocycles. The molecule has 0 saturated heterocycles. The maximum atomic E-state index is 11.8. The smallest absolute Gasteiger partial charge is 0.270 e. The highest BCUT2D eigenvalue weighted by Gasteiger charge is 2.30. The van der Waals surface area contributed by atoms with Gasteiger partial charge in [0.1, 0.15) is 17.4 Å². The Morgan fingerprint density at radius 3 is 2.41 bits per heavy atom. The molecule has 5 heteroatoms. The van der Waals surface area contributed by atoms with E-state index in [4.69, 9.17) is 16.3 Å². The normalized spacial score (nSPS) is 14.2. The molecular weight excluding hydrogens is 302 g/mol. The van der Waals surface area contributed by atoms with E-state index in [9.17, 15) is 9.59 Å². The van der Waals surface area contributed by atoms with Gasteiger partial charge in [0.05, 0.1) is 5.57 Å². The maximum Gasteiger partial charge on any atom is 0.270 e. The van der Waals surface area contributed by atoms with Crippen LogP contribution in [0.2, 0.25) is 0 Å². The Bertz CT molecular complexity index is 768. The Morgan fingerprint density at radius 2 is 1.73 bits per heavy atom. The fourth-order valence-corrected chi connectivity index (χ4v) is 2.42. The molecule has 3 rings (SSSR count). The molecule has 1 aliphatic heterocycles. The van der Waals surface area contributed by atoms with Gasteiger partial charge in [0.15, 0.2) is 0 Å². The molecule has 0 saturated carbocycles. The zero-order chi connectivity index (χ0) is 15.5. The number of carbonyl (C=O) groups excluding carboxylic acids is 2. The summed E-state index contributed by atoms with van der Waals surface area (Å²) in [5, 5.41) is 2.08. The summed E-state index contributed by atoms with van der Waals surface area (Å²) in [7, 11) is 0. The number of nitrogens with one attached hydrogen (secondary N) is 1. The predicted molar refractivity (Wildman–Crippen MR) is 83.1 cm³/mol. The zero-order valence-corrected chi connectivity index (χ0v) is 12.3. The molecule has 0 fully saturated rings. The molecule has 0 aromatic heterocycles. The van der Waals surface area contributed by atoms with Gasteiger partial charge in [0.25, 0.3) is 11.8 Å². The van der Waals surface area contributed by atoms with Crippen LogP contribution in [0.25, 0.3) is 5.57 Å². The van der Waals surface area contributed by atoms with Crippen LogP contribution in [0.1, 0.15) is 11.1 Å². The van der Waals surface area contributed by atoms with Crippen LogP contribution in [-0.2, 0) is 16.2 Å². The maximum absolute atomic E-state index is 11.8. The molecule has 0 unspecified atom stereocenters. The van der Waals surface area contributed by atoms with Crippen molar-refractivity contribution in [2.75, 3.05) is 0 Å². The fraction of sp³-hybridized carbons (Fsp3) is 0.0588. The van der Waals surface area contributed by atoms with Crippen LogP contribution in [0.5, 0.6) is 5.75 Å². The topological polar surface area (TPSA) is 55.4 Å². The highest BCUT2D eigenvalue weighted by molar-refractivity contribution is 6.55. The number of imide groups is 1. The van der Waals surface area contributed by atoms with Crippen LogP contribution in [0.4, 0.5) is 0 Å². The Kier molecular flexibility index (Phi) is 3.94. The molecule has 110 valence electrons. The van der Waals surface area contributed by atoms with Crippen molar-refractivity contribution in [2.45, 2.75) is 6.61 Å². The van der Waals surface area contributed by atoms with Gasteiger partial charge in [-0.25, -0.2) is 0 Å². The van der Waals surface area contributed by atoms with Crippen molar-refractivity contribution in [3.8, 4) is 5.75 Å². The van der Waals surface area contributed by atoms with E-state index in [1.54, 1.807) is 24.3 Å². The number of hydrogen-bond donors (Lipinski definition) is 1. The number of benzene rings is 2. The second-order valence-electron chi connectivity index (χ2n) is 4.77. The average molecular weight is 314 g/mol. The Hall–Kier alpha value is -2.59. The standard InChI is InChI=1S/C17H12ClNO3/c18-15-14(16(20)19-17(15)21)12-7-4-8-13(9-12)22-10-11-5-2-1-3-6-11/h1-9H,10H2,(H,19,20,21). The molecule has 0 spiro atoms. The van der Waals surface area contributed by atoms with Crippen LogP contribution in [-0.4, -0.2) is 11.8 Å². The summed E-state index contributed by atoms with van der Waals surface area (Å²) in [6.07, 6.45) is 0. The number of hydrogen-bond acceptors (Lipinski definition) is 3. The minimum absolute atomic E-state index is 0.0924. The van der Waals surface area contributed by atoms with Gasteiger partial charge >= 0.3 is 0 Å². The molecule has 2 aromatic carbocycles. The molecular formula is C17H12ClNO3. The van der Waals surface area contributed by atoms with Gasteiger partial charge in [0.2, 0.25) is 0 Å². The van der Waals surface area contributed by atoms with Crippen molar-refractivity contribution in [1.29, 1.82) is 0 Å². The molecule has 2 amide bonds. The van der Waals surface area contributed by atoms with Gasteiger partial charge < -0.3 is 4.74 Å². The molecule has 0 bridgehead atoms. The lowest BCUT2D eigenvalue weighted by atomic mass is 10.1. The minimum atomic E-state index is -0.572. The quantitative estimate of drug-likeness (QED) is 0.883. The van der Waals surface area contributed by atoms with Crippen LogP contribution in [0.3, 0.4) is 0 Å². The fourth-order valence-electron chi connectivity index (χ4n) is 2.17. The third-order valence-electron chi connectivity index (χ3n) is 3.24. The van der Waals surface area contributed by atoms with E-state index in [1.807, 2.05) is 30.3 Å². The Labute approximate surface area is 132 Å². The van der Waals surface area contributed by atoms with Gasteiger partial charge in [-0.05, 0) is 23.3 Å². The van der Waals surface area contributed by atoms with Crippen molar-refractivity contribution in [1.82, 2.24) is 5.32 Å². The Morgan fingerprint density at radius 1 is 0.955 bits per heavy atom. The number of halogens is 1. The molecule has 2 aromatic rings. The van der Waals surface area contributed by atoms with E-state index in [2.05, 4.69) is 5.32 Å². The highest BCUT2D eigenvalue weighted by atomic mass is 35.5. The van der Waals surface area contributed by atoms with E-state index in [-0.39, 0.29) is 10.6 Å². The second-order valence-corrected chi connectivity index (χ2v) is 5.15. The van der Waals surface area contributed by atoms with Gasteiger partial charge in [-0.3, -0.25) is 14.9 Å². The first kappa shape index (κ1) is 14.4. The summed E-state index contributed by atoms with van der Waals surface area (Å²) >= 11 is 5.89.